The number of hydrogen-bond donors (Lipinski definition) is 1. The summed E-state index contributed by atoms with van der Waals surface area (Å²) in [5.41, 5.74) is -0.906. The third-order valence-corrected chi connectivity index (χ3v) is 4.26. The molecule has 1 N–H and O–H groups in total. The van der Waals surface area contributed by atoms with Crippen LogP contribution in [-0.4, -0.2) is 37.7 Å². The van der Waals surface area contributed by atoms with Crippen LogP contribution in [0.15, 0.2) is 24.3 Å². The number of alkyl halides is 9. The topological polar surface area (TPSA) is 72.5 Å². The maximum atomic E-state index is 13.5. The van der Waals surface area contributed by atoms with Crippen molar-refractivity contribution in [1.82, 2.24) is 0 Å². The first kappa shape index (κ1) is 22.9. The number of carbonyl (C=O) groups excluding carboxylic acids is 1. The van der Waals surface area contributed by atoms with Crippen LogP contribution in [0.25, 0.3) is 0 Å². The Balaban J connectivity index is 3.23. The average Bonchev–Trinajstić information content (AvgIpc) is 2.46. The van der Waals surface area contributed by atoms with Crippen molar-refractivity contribution >= 4 is 21.7 Å². The number of esters is 1. The van der Waals surface area contributed by atoms with Crippen LogP contribution in [0.3, 0.4) is 0 Å². The predicted molar refractivity (Wildman–Crippen MR) is 71.2 cm³/mol. The van der Waals surface area contributed by atoms with Crippen molar-refractivity contribution in [2.75, 3.05) is 4.72 Å². The zero-order valence-corrected chi connectivity index (χ0v) is 13.6. The lowest BCUT2D eigenvalue weighted by Gasteiger charge is -2.33. The number of nitrogens with one attached hydrogen (secondary N) is 1. The van der Waals surface area contributed by atoms with Gasteiger partial charge in [0, 0.05) is 12.6 Å². The van der Waals surface area contributed by atoms with Crippen LogP contribution >= 0.6 is 0 Å². The van der Waals surface area contributed by atoms with Crippen LogP contribution in [0.2, 0.25) is 0 Å². The first-order chi connectivity index (χ1) is 11.9. The molecule has 1 aromatic rings. The molecule has 5 nitrogen and oxygen atoms in total. The van der Waals surface area contributed by atoms with Gasteiger partial charge in [0.25, 0.3) is 0 Å². The minimum Gasteiger partial charge on any atom is -0.427 e. The summed E-state index contributed by atoms with van der Waals surface area (Å²) in [6.45, 7) is 0.972. The zero-order valence-electron chi connectivity index (χ0n) is 12.8. The standard InChI is InChI=1S/C12H8F9NO4S/c1-6(23)26-8-4-2-7(3-5-8)22-27(24,25)12(20,21)10(15,16)9(13,14)11(17,18)19/h2-5,22H,1H3. The highest BCUT2D eigenvalue weighted by Gasteiger charge is 2.85. The fourth-order valence-corrected chi connectivity index (χ4v) is 2.55. The van der Waals surface area contributed by atoms with Crippen LogP contribution in [0.4, 0.5) is 45.2 Å². The third kappa shape index (κ3) is 4.06. The molecule has 0 heterocycles. The lowest BCUT2D eigenvalue weighted by Crippen LogP contribution is -2.64. The molecule has 0 unspecified atom stereocenters. The van der Waals surface area contributed by atoms with Crippen molar-refractivity contribution < 1.29 is 57.5 Å². The Hall–Kier alpha value is -2.19. The molecule has 0 aliphatic carbocycles. The van der Waals surface area contributed by atoms with Gasteiger partial charge in [-0.25, -0.2) is 0 Å². The van der Waals surface area contributed by atoms with Gasteiger partial charge in [-0.15, -0.1) is 0 Å². The van der Waals surface area contributed by atoms with Gasteiger partial charge in [0.1, 0.15) is 5.75 Å². The van der Waals surface area contributed by atoms with Crippen molar-refractivity contribution in [1.29, 1.82) is 0 Å². The van der Waals surface area contributed by atoms with E-state index in [4.69, 9.17) is 0 Å². The van der Waals surface area contributed by atoms with Crippen LogP contribution < -0.4 is 9.46 Å². The molecule has 0 aliphatic heterocycles. The molecule has 0 fully saturated rings. The van der Waals surface area contributed by atoms with E-state index in [1.165, 1.54) is 0 Å². The summed E-state index contributed by atoms with van der Waals surface area (Å²) in [6, 6.07) is 2.82. The van der Waals surface area contributed by atoms with E-state index < -0.39 is 45.0 Å². The summed E-state index contributed by atoms with van der Waals surface area (Å²) in [5.74, 6) is -15.7. The quantitative estimate of drug-likeness (QED) is 0.421. The monoisotopic (exact) mass is 433 g/mol. The molecule has 0 saturated carbocycles. The Kier molecular flexibility index (Phi) is 5.72. The molecule has 0 atom stereocenters. The highest BCUT2D eigenvalue weighted by molar-refractivity contribution is 7.93. The summed E-state index contributed by atoms with van der Waals surface area (Å²) in [5, 5.41) is -6.85. The van der Waals surface area contributed by atoms with E-state index in [0.29, 0.717) is 12.1 Å². The van der Waals surface area contributed by atoms with E-state index in [0.717, 1.165) is 23.8 Å². The maximum Gasteiger partial charge on any atom is 0.460 e. The van der Waals surface area contributed by atoms with Crippen LogP contribution in [0.5, 0.6) is 5.75 Å². The predicted octanol–water partition coefficient (Wildman–Crippen LogP) is 3.78. The first-order valence-corrected chi connectivity index (χ1v) is 7.86. The van der Waals surface area contributed by atoms with Gasteiger partial charge in [-0.05, 0) is 24.3 Å². The highest BCUT2D eigenvalue weighted by Crippen LogP contribution is 2.54. The highest BCUT2D eigenvalue weighted by atomic mass is 32.2. The van der Waals surface area contributed by atoms with Crippen molar-refractivity contribution in [2.45, 2.75) is 30.2 Å². The molecule has 0 saturated heterocycles. The van der Waals surface area contributed by atoms with Crippen molar-refractivity contribution in [3.05, 3.63) is 24.3 Å². The summed E-state index contributed by atoms with van der Waals surface area (Å²) >= 11 is 0. The molecule has 0 amide bonds. The average molecular weight is 433 g/mol. The molecular weight excluding hydrogens is 425 g/mol. The number of rotatable bonds is 6. The maximum absolute atomic E-state index is 13.5. The molecule has 27 heavy (non-hydrogen) atoms. The van der Waals surface area contributed by atoms with E-state index in [-0.39, 0.29) is 5.75 Å². The molecule has 1 aromatic carbocycles. The van der Waals surface area contributed by atoms with Crippen molar-refractivity contribution in [2.24, 2.45) is 0 Å². The summed E-state index contributed by atoms with van der Waals surface area (Å²) in [6.07, 6.45) is -7.15. The van der Waals surface area contributed by atoms with Gasteiger partial charge in [0.2, 0.25) is 0 Å². The van der Waals surface area contributed by atoms with E-state index in [1.807, 2.05) is 0 Å². The van der Waals surface area contributed by atoms with Crippen LogP contribution in [0, 0.1) is 0 Å². The number of benzene rings is 1. The zero-order chi connectivity index (χ0) is 21.5. The second-order valence-electron chi connectivity index (χ2n) is 4.89. The molecular formula is C12H8F9NO4S. The van der Waals surface area contributed by atoms with E-state index in [2.05, 4.69) is 4.74 Å². The van der Waals surface area contributed by atoms with Gasteiger partial charge in [-0.1, -0.05) is 0 Å². The molecule has 0 aliphatic rings. The van der Waals surface area contributed by atoms with Crippen LogP contribution in [-0.2, 0) is 14.8 Å². The fourth-order valence-electron chi connectivity index (χ4n) is 1.51. The molecule has 0 spiro atoms. The molecule has 0 bridgehead atoms. The SMILES string of the molecule is CC(=O)Oc1ccc(NS(=O)(=O)C(F)(F)C(F)(F)C(F)(F)C(F)(F)F)cc1. The molecule has 0 radical (unpaired) electrons. The Morgan fingerprint density at radius 1 is 0.889 bits per heavy atom. The van der Waals surface area contributed by atoms with E-state index in [1.54, 1.807) is 0 Å². The minimum absolute atomic E-state index is 0.230. The van der Waals surface area contributed by atoms with Gasteiger partial charge < -0.3 is 4.74 Å². The van der Waals surface area contributed by atoms with Gasteiger partial charge in [-0.3, -0.25) is 9.52 Å². The van der Waals surface area contributed by atoms with Gasteiger partial charge in [0.15, 0.2) is 0 Å². The number of ether oxygens (including phenoxy) is 1. The summed E-state index contributed by atoms with van der Waals surface area (Å²) < 4.78 is 143. The summed E-state index contributed by atoms with van der Waals surface area (Å²) in [4.78, 5) is 10.7. The number of anilines is 1. The van der Waals surface area contributed by atoms with E-state index >= 15 is 0 Å². The summed E-state index contributed by atoms with van der Waals surface area (Å²) in [7, 11) is -6.77. The molecule has 1 rings (SSSR count). The van der Waals surface area contributed by atoms with Gasteiger partial charge in [0.05, 0.1) is 0 Å². The second-order valence-corrected chi connectivity index (χ2v) is 6.61. The lowest BCUT2D eigenvalue weighted by molar-refractivity contribution is -0.382. The smallest absolute Gasteiger partial charge is 0.427 e. The largest absolute Gasteiger partial charge is 0.460 e. The Labute approximate surface area is 145 Å². The molecule has 154 valence electrons. The Morgan fingerprint density at radius 3 is 1.70 bits per heavy atom. The normalized spacial score (nSPS) is 14.0. The van der Waals surface area contributed by atoms with Crippen LogP contribution in [0.1, 0.15) is 6.92 Å². The Morgan fingerprint density at radius 2 is 1.33 bits per heavy atom. The number of carbonyl (C=O) groups is 1. The van der Waals surface area contributed by atoms with Gasteiger partial charge in [-0.2, -0.15) is 47.9 Å². The van der Waals surface area contributed by atoms with Crippen molar-refractivity contribution in [3.63, 3.8) is 0 Å². The van der Waals surface area contributed by atoms with Gasteiger partial charge >= 0.3 is 39.3 Å². The molecule has 0 aromatic heterocycles. The Bertz CT molecular complexity index is 803. The molecule has 15 heteroatoms. The fraction of sp³-hybridized carbons (Fsp3) is 0.417. The third-order valence-electron chi connectivity index (χ3n) is 2.82. The minimum atomic E-state index is -7.35. The number of halogens is 9. The first-order valence-electron chi connectivity index (χ1n) is 6.38. The van der Waals surface area contributed by atoms with Crippen molar-refractivity contribution in [3.8, 4) is 5.75 Å². The number of hydrogen-bond acceptors (Lipinski definition) is 4. The van der Waals surface area contributed by atoms with E-state index in [9.17, 15) is 52.7 Å². The number of sulfonamides is 1. The second kappa shape index (κ2) is 6.76. The lowest BCUT2D eigenvalue weighted by atomic mass is 10.1.